The molecule has 5 nitrogen and oxygen atoms in total. The topological polar surface area (TPSA) is 60.1 Å². The molecule has 0 fully saturated rings. The molecular formula is C23H29N3O2. The molecular weight excluding hydrogens is 350 g/mol. The first-order valence-electron chi connectivity index (χ1n) is 9.93. The smallest absolute Gasteiger partial charge is 0.335 e. The van der Waals surface area contributed by atoms with Gasteiger partial charge in [-0.2, -0.15) is 5.10 Å². The van der Waals surface area contributed by atoms with Crippen molar-refractivity contribution in [3.05, 3.63) is 53.7 Å². The molecule has 0 radical (unpaired) electrons. The van der Waals surface area contributed by atoms with E-state index in [0.29, 0.717) is 11.5 Å². The van der Waals surface area contributed by atoms with Crippen LogP contribution in [0.25, 0.3) is 22.6 Å². The summed E-state index contributed by atoms with van der Waals surface area (Å²) in [5, 5.41) is 14.0. The number of hydrogen-bond donors (Lipinski definition) is 1. The molecule has 0 spiro atoms. The van der Waals surface area contributed by atoms with E-state index >= 15 is 0 Å². The fourth-order valence-electron chi connectivity index (χ4n) is 3.67. The summed E-state index contributed by atoms with van der Waals surface area (Å²) in [6.07, 6.45) is 1.01. The Morgan fingerprint density at radius 3 is 2.21 bits per heavy atom. The Kier molecular flexibility index (Phi) is 5.73. The SMILES string of the molecule is CCn1nc(-c2ccc(-c3ccc(C(=O)O)cc3)n2C(C)C)cc1CC(C)C. The van der Waals surface area contributed by atoms with E-state index in [4.69, 9.17) is 10.2 Å². The van der Waals surface area contributed by atoms with Crippen LogP contribution in [0.4, 0.5) is 0 Å². The fraction of sp³-hybridized carbons (Fsp3) is 0.391. The van der Waals surface area contributed by atoms with Crippen molar-refractivity contribution in [2.75, 3.05) is 0 Å². The van der Waals surface area contributed by atoms with Gasteiger partial charge in [0.05, 0.1) is 11.3 Å². The molecule has 3 aromatic rings. The van der Waals surface area contributed by atoms with Crippen LogP contribution >= 0.6 is 0 Å². The minimum Gasteiger partial charge on any atom is -0.478 e. The second-order valence-corrected chi connectivity index (χ2v) is 7.88. The normalized spacial score (nSPS) is 11.5. The molecule has 0 aliphatic carbocycles. The predicted octanol–water partition coefficient (Wildman–Crippen LogP) is 5.52. The average molecular weight is 380 g/mol. The molecule has 2 aromatic heterocycles. The number of benzene rings is 1. The summed E-state index contributed by atoms with van der Waals surface area (Å²) >= 11 is 0. The molecule has 0 atom stereocenters. The molecule has 5 heteroatoms. The molecule has 0 aliphatic heterocycles. The zero-order valence-electron chi connectivity index (χ0n) is 17.3. The van der Waals surface area contributed by atoms with Gasteiger partial charge >= 0.3 is 5.97 Å². The third-order valence-corrected chi connectivity index (χ3v) is 4.90. The molecule has 0 amide bonds. The second kappa shape index (κ2) is 8.05. The number of nitrogens with zero attached hydrogens (tertiary/aromatic N) is 3. The number of carbonyl (C=O) groups is 1. The highest BCUT2D eigenvalue weighted by Gasteiger charge is 2.18. The zero-order valence-corrected chi connectivity index (χ0v) is 17.3. The number of rotatable bonds is 7. The summed E-state index contributed by atoms with van der Waals surface area (Å²) in [7, 11) is 0. The summed E-state index contributed by atoms with van der Waals surface area (Å²) in [6, 6.07) is 13.7. The van der Waals surface area contributed by atoms with E-state index in [1.807, 2.05) is 12.1 Å². The largest absolute Gasteiger partial charge is 0.478 e. The van der Waals surface area contributed by atoms with E-state index in [2.05, 4.69) is 62.1 Å². The van der Waals surface area contributed by atoms with Crippen molar-refractivity contribution in [1.29, 1.82) is 0 Å². The van der Waals surface area contributed by atoms with E-state index < -0.39 is 5.97 Å². The van der Waals surface area contributed by atoms with Gasteiger partial charge in [-0.1, -0.05) is 26.0 Å². The second-order valence-electron chi connectivity index (χ2n) is 7.88. The van der Waals surface area contributed by atoms with Crippen molar-refractivity contribution in [2.24, 2.45) is 5.92 Å². The lowest BCUT2D eigenvalue weighted by atomic mass is 10.1. The fourth-order valence-corrected chi connectivity index (χ4v) is 3.67. The van der Waals surface area contributed by atoms with Gasteiger partial charge < -0.3 is 9.67 Å². The lowest BCUT2D eigenvalue weighted by Crippen LogP contribution is -2.06. The van der Waals surface area contributed by atoms with Crippen LogP contribution in [0.5, 0.6) is 0 Å². The first kappa shape index (κ1) is 19.9. The maximum absolute atomic E-state index is 11.1. The third-order valence-electron chi connectivity index (χ3n) is 4.90. The average Bonchev–Trinajstić information content (AvgIpc) is 3.25. The number of aryl methyl sites for hydroxylation is 1. The highest BCUT2D eigenvalue weighted by atomic mass is 16.4. The quantitative estimate of drug-likeness (QED) is 0.588. The van der Waals surface area contributed by atoms with Crippen LogP contribution in [0, 0.1) is 5.92 Å². The van der Waals surface area contributed by atoms with Crippen LogP contribution in [-0.4, -0.2) is 25.4 Å². The molecule has 0 unspecified atom stereocenters. The lowest BCUT2D eigenvalue weighted by Gasteiger charge is -2.17. The number of aromatic nitrogens is 3. The lowest BCUT2D eigenvalue weighted by molar-refractivity contribution is 0.0697. The first-order chi connectivity index (χ1) is 13.3. The molecule has 0 saturated carbocycles. The van der Waals surface area contributed by atoms with Crippen LogP contribution in [0.2, 0.25) is 0 Å². The van der Waals surface area contributed by atoms with Gasteiger partial charge in [0.1, 0.15) is 5.69 Å². The van der Waals surface area contributed by atoms with Gasteiger partial charge in [-0.15, -0.1) is 0 Å². The number of aromatic carboxylic acids is 1. The standard InChI is InChI=1S/C23H29N3O2/c1-6-25-19(13-15(2)3)14-20(24-25)22-12-11-21(26(22)16(4)5)17-7-9-18(10-8-17)23(27)28/h7-12,14-16H,6,13H2,1-5H3,(H,27,28). The summed E-state index contributed by atoms with van der Waals surface area (Å²) in [4.78, 5) is 11.1. The van der Waals surface area contributed by atoms with Crippen molar-refractivity contribution in [3.8, 4) is 22.6 Å². The summed E-state index contributed by atoms with van der Waals surface area (Å²) in [6.45, 7) is 11.7. The Balaban J connectivity index is 2.06. The minimum atomic E-state index is -0.908. The van der Waals surface area contributed by atoms with Gasteiger partial charge in [-0.25, -0.2) is 4.79 Å². The van der Waals surface area contributed by atoms with Crippen molar-refractivity contribution in [2.45, 2.75) is 53.6 Å². The Bertz CT molecular complexity index is 962. The maximum Gasteiger partial charge on any atom is 0.335 e. The van der Waals surface area contributed by atoms with Gasteiger partial charge in [0.2, 0.25) is 0 Å². The van der Waals surface area contributed by atoms with Crippen LogP contribution in [-0.2, 0) is 13.0 Å². The molecule has 0 aliphatic rings. The Morgan fingerprint density at radius 1 is 1.04 bits per heavy atom. The van der Waals surface area contributed by atoms with E-state index in [1.54, 1.807) is 12.1 Å². The highest BCUT2D eigenvalue weighted by molar-refractivity contribution is 5.88. The van der Waals surface area contributed by atoms with E-state index in [9.17, 15) is 4.79 Å². The zero-order chi connectivity index (χ0) is 20.4. The van der Waals surface area contributed by atoms with Gasteiger partial charge in [0.25, 0.3) is 0 Å². The molecule has 1 aromatic carbocycles. The van der Waals surface area contributed by atoms with E-state index in [0.717, 1.165) is 35.6 Å². The number of carboxylic acid groups (broad SMARTS) is 1. The molecule has 1 N–H and O–H groups in total. The van der Waals surface area contributed by atoms with Gasteiger partial charge in [0.15, 0.2) is 0 Å². The molecule has 28 heavy (non-hydrogen) atoms. The summed E-state index contributed by atoms with van der Waals surface area (Å²) in [5.74, 6) is -0.329. The van der Waals surface area contributed by atoms with Gasteiger partial charge in [-0.3, -0.25) is 4.68 Å². The van der Waals surface area contributed by atoms with E-state index in [1.165, 1.54) is 5.69 Å². The Labute approximate surface area is 166 Å². The number of carboxylic acids is 1. The predicted molar refractivity (Wildman–Crippen MR) is 113 cm³/mol. The maximum atomic E-state index is 11.1. The van der Waals surface area contributed by atoms with Crippen LogP contribution in [0.1, 0.15) is 56.7 Å². The molecule has 148 valence electrons. The number of hydrogen-bond acceptors (Lipinski definition) is 2. The Morgan fingerprint density at radius 2 is 1.68 bits per heavy atom. The molecule has 3 rings (SSSR count). The summed E-state index contributed by atoms with van der Waals surface area (Å²) < 4.78 is 4.37. The van der Waals surface area contributed by atoms with Crippen molar-refractivity contribution >= 4 is 5.97 Å². The summed E-state index contributed by atoms with van der Waals surface area (Å²) in [5.41, 5.74) is 5.70. The van der Waals surface area contributed by atoms with Gasteiger partial charge in [-0.05, 0) is 69.0 Å². The highest BCUT2D eigenvalue weighted by Crippen LogP contribution is 2.32. The van der Waals surface area contributed by atoms with E-state index in [-0.39, 0.29) is 6.04 Å². The molecule has 0 bridgehead atoms. The molecule has 2 heterocycles. The Hall–Kier alpha value is -2.82. The van der Waals surface area contributed by atoms with Crippen LogP contribution in [0.15, 0.2) is 42.5 Å². The van der Waals surface area contributed by atoms with Crippen LogP contribution in [0.3, 0.4) is 0 Å². The monoisotopic (exact) mass is 379 g/mol. The molecule has 0 saturated heterocycles. The van der Waals surface area contributed by atoms with Crippen molar-refractivity contribution in [3.63, 3.8) is 0 Å². The van der Waals surface area contributed by atoms with Crippen LogP contribution < -0.4 is 0 Å². The minimum absolute atomic E-state index is 0.250. The first-order valence-corrected chi connectivity index (χ1v) is 9.93. The van der Waals surface area contributed by atoms with Crippen molar-refractivity contribution in [1.82, 2.24) is 14.3 Å². The third kappa shape index (κ3) is 3.88. The van der Waals surface area contributed by atoms with Gasteiger partial charge in [0, 0.05) is 24.0 Å². The van der Waals surface area contributed by atoms with Crippen molar-refractivity contribution < 1.29 is 9.90 Å².